The summed E-state index contributed by atoms with van der Waals surface area (Å²) in [7, 11) is 1.67. The summed E-state index contributed by atoms with van der Waals surface area (Å²) in [4.78, 5) is 0. The summed E-state index contributed by atoms with van der Waals surface area (Å²) in [6.45, 7) is 2.78. The fourth-order valence-electron chi connectivity index (χ4n) is 4.28. The molecule has 2 N–H and O–H groups in total. The Kier molecular flexibility index (Phi) is 5.40. The zero-order valence-corrected chi connectivity index (χ0v) is 16.3. The molecule has 1 fully saturated rings. The highest BCUT2D eigenvalue weighted by atomic mass is 16.5. The van der Waals surface area contributed by atoms with Crippen molar-refractivity contribution in [2.45, 2.75) is 44.6 Å². The largest absolute Gasteiger partial charge is 0.497 e. The maximum Gasteiger partial charge on any atom is 0.118 e. The van der Waals surface area contributed by atoms with Gasteiger partial charge in [-0.05, 0) is 30.7 Å². The molecule has 2 aromatic carbocycles. The third kappa shape index (κ3) is 3.53. The monoisotopic (exact) mass is 381 g/mol. The van der Waals surface area contributed by atoms with Gasteiger partial charge in [-0.25, -0.2) is 0 Å². The van der Waals surface area contributed by atoms with Crippen LogP contribution in [0.1, 0.15) is 35.8 Å². The molecule has 1 aliphatic rings. The Bertz CT molecular complexity index is 947. The summed E-state index contributed by atoms with van der Waals surface area (Å²) in [5.74, 6) is 0.846. The van der Waals surface area contributed by atoms with Crippen molar-refractivity contribution in [3.63, 3.8) is 0 Å². The molecule has 0 aliphatic carbocycles. The van der Waals surface area contributed by atoms with Crippen LogP contribution < -0.4 is 4.74 Å². The van der Waals surface area contributed by atoms with Crippen molar-refractivity contribution in [1.29, 1.82) is 0 Å². The fraction of sp³-hybridized carbons (Fsp3) is 0.391. The van der Waals surface area contributed by atoms with Crippen LogP contribution in [0.4, 0.5) is 0 Å². The van der Waals surface area contributed by atoms with Crippen molar-refractivity contribution in [2.75, 3.05) is 13.7 Å². The molecule has 1 aromatic heterocycles. The number of fused-ring (bicyclic) bond motifs is 1. The number of para-hydroxylation sites is 1. The quantitative estimate of drug-likeness (QED) is 0.709. The van der Waals surface area contributed by atoms with Crippen molar-refractivity contribution in [2.24, 2.45) is 0 Å². The number of methoxy groups -OCH3 is 1. The Labute approximate surface area is 165 Å². The number of nitrogens with zero attached hydrogens (tertiary/aromatic N) is 1. The minimum absolute atomic E-state index is 0.0723. The molecule has 3 aromatic rings. The number of aromatic nitrogens is 1. The summed E-state index contributed by atoms with van der Waals surface area (Å²) in [5, 5.41) is 21.0. The van der Waals surface area contributed by atoms with E-state index in [4.69, 9.17) is 9.47 Å². The van der Waals surface area contributed by atoms with Gasteiger partial charge in [0.05, 0.1) is 32.0 Å². The van der Waals surface area contributed by atoms with Crippen LogP contribution in [0.5, 0.6) is 5.75 Å². The normalized spacial score (nSPS) is 22.5. The van der Waals surface area contributed by atoms with Gasteiger partial charge in [0.1, 0.15) is 5.75 Å². The molecule has 4 rings (SSSR count). The Hall–Kier alpha value is -2.34. The van der Waals surface area contributed by atoms with Gasteiger partial charge in [-0.1, -0.05) is 30.3 Å². The molecule has 0 bridgehead atoms. The second-order valence-electron chi connectivity index (χ2n) is 7.50. The van der Waals surface area contributed by atoms with Crippen molar-refractivity contribution in [1.82, 2.24) is 4.57 Å². The van der Waals surface area contributed by atoms with Crippen LogP contribution >= 0.6 is 0 Å². The Morgan fingerprint density at radius 3 is 2.57 bits per heavy atom. The summed E-state index contributed by atoms with van der Waals surface area (Å²) in [6.07, 6.45) is 0.0310. The third-order valence-corrected chi connectivity index (χ3v) is 5.68. The van der Waals surface area contributed by atoms with Gasteiger partial charge in [0.2, 0.25) is 0 Å². The summed E-state index contributed by atoms with van der Waals surface area (Å²) in [6, 6.07) is 16.4. The Balaban J connectivity index is 1.75. The Morgan fingerprint density at radius 2 is 1.86 bits per heavy atom. The highest BCUT2D eigenvalue weighted by Gasteiger charge is 2.32. The van der Waals surface area contributed by atoms with E-state index in [0.717, 1.165) is 34.5 Å². The van der Waals surface area contributed by atoms with Crippen LogP contribution in [-0.2, 0) is 11.3 Å². The van der Waals surface area contributed by atoms with E-state index >= 15 is 0 Å². The van der Waals surface area contributed by atoms with Gasteiger partial charge < -0.3 is 24.3 Å². The predicted molar refractivity (Wildman–Crippen MR) is 109 cm³/mol. The highest BCUT2D eigenvalue weighted by molar-refractivity contribution is 5.86. The molecule has 5 heteroatoms. The van der Waals surface area contributed by atoms with E-state index in [1.165, 1.54) is 5.56 Å². The van der Waals surface area contributed by atoms with Gasteiger partial charge in [0.25, 0.3) is 0 Å². The smallest absolute Gasteiger partial charge is 0.118 e. The van der Waals surface area contributed by atoms with Crippen molar-refractivity contribution in [3.8, 4) is 5.75 Å². The molecule has 0 radical (unpaired) electrons. The lowest BCUT2D eigenvalue weighted by molar-refractivity contribution is -0.113. The summed E-state index contributed by atoms with van der Waals surface area (Å²) >= 11 is 0. The van der Waals surface area contributed by atoms with Crippen LogP contribution in [0.25, 0.3) is 10.9 Å². The third-order valence-electron chi connectivity index (χ3n) is 5.68. The number of ether oxygens (including phenoxy) is 2. The van der Waals surface area contributed by atoms with Crippen LogP contribution in [0, 0.1) is 6.92 Å². The fourth-order valence-corrected chi connectivity index (χ4v) is 4.28. The van der Waals surface area contributed by atoms with Crippen molar-refractivity contribution in [3.05, 3.63) is 65.4 Å². The first-order valence-electron chi connectivity index (χ1n) is 9.75. The van der Waals surface area contributed by atoms with Gasteiger partial charge >= 0.3 is 0 Å². The molecule has 0 spiro atoms. The van der Waals surface area contributed by atoms with Crippen LogP contribution in [0.3, 0.4) is 0 Å². The molecule has 1 saturated heterocycles. The molecule has 1 aliphatic heterocycles. The van der Waals surface area contributed by atoms with Gasteiger partial charge in [-0.15, -0.1) is 0 Å². The minimum Gasteiger partial charge on any atom is -0.497 e. The lowest BCUT2D eigenvalue weighted by Crippen LogP contribution is -2.33. The summed E-state index contributed by atoms with van der Waals surface area (Å²) in [5.41, 5.74) is 4.58. The zero-order chi connectivity index (χ0) is 19.7. The van der Waals surface area contributed by atoms with E-state index in [-0.39, 0.29) is 18.8 Å². The van der Waals surface area contributed by atoms with Crippen LogP contribution in [0.2, 0.25) is 0 Å². The van der Waals surface area contributed by atoms with E-state index < -0.39 is 6.10 Å². The van der Waals surface area contributed by atoms with Crippen molar-refractivity contribution >= 4 is 10.9 Å². The average Bonchev–Trinajstić information content (AvgIpc) is 2.99. The van der Waals surface area contributed by atoms with Crippen LogP contribution in [-0.4, -0.2) is 40.7 Å². The van der Waals surface area contributed by atoms with E-state index in [1.807, 2.05) is 24.3 Å². The lowest BCUT2D eigenvalue weighted by Gasteiger charge is -2.32. The van der Waals surface area contributed by atoms with E-state index in [2.05, 4.69) is 35.8 Å². The number of benzene rings is 2. The molecular formula is C23H27NO4. The molecule has 2 heterocycles. The van der Waals surface area contributed by atoms with Crippen LogP contribution in [0.15, 0.2) is 48.5 Å². The molecule has 0 unspecified atom stereocenters. The molecule has 3 atom stereocenters. The highest BCUT2D eigenvalue weighted by Crippen LogP contribution is 2.39. The van der Waals surface area contributed by atoms with Crippen molar-refractivity contribution < 1.29 is 19.7 Å². The predicted octanol–water partition coefficient (Wildman–Crippen LogP) is 3.58. The first-order valence-corrected chi connectivity index (χ1v) is 9.75. The zero-order valence-electron chi connectivity index (χ0n) is 16.3. The Morgan fingerprint density at radius 1 is 1.11 bits per heavy atom. The molecule has 148 valence electrons. The molecular weight excluding hydrogens is 354 g/mol. The second-order valence-corrected chi connectivity index (χ2v) is 7.50. The first-order chi connectivity index (χ1) is 13.6. The lowest BCUT2D eigenvalue weighted by atomic mass is 9.94. The first kappa shape index (κ1) is 19.0. The van der Waals surface area contributed by atoms with Gasteiger partial charge in [0, 0.05) is 41.5 Å². The standard InChI is InChI=1S/C23H27NO4/c1-15-23(22-12-17(26)11-19(14-25)28-22)20-5-3-4-6-21(20)24(15)13-16-7-9-18(27-2)10-8-16/h3-10,17,19,22,25-26H,11-14H2,1-2H3/t17-,19-,22+/m0/s1. The number of hydrogen-bond donors (Lipinski definition) is 2. The molecule has 0 saturated carbocycles. The maximum absolute atomic E-state index is 10.3. The topological polar surface area (TPSA) is 63.9 Å². The summed E-state index contributed by atoms with van der Waals surface area (Å²) < 4.78 is 13.7. The molecule has 0 amide bonds. The number of hydrogen-bond acceptors (Lipinski definition) is 4. The average molecular weight is 381 g/mol. The number of aliphatic hydroxyl groups excluding tert-OH is 2. The molecule has 5 nitrogen and oxygen atoms in total. The van der Waals surface area contributed by atoms with Gasteiger partial charge in [0.15, 0.2) is 0 Å². The minimum atomic E-state index is -0.459. The van der Waals surface area contributed by atoms with E-state index in [0.29, 0.717) is 12.8 Å². The maximum atomic E-state index is 10.3. The number of rotatable bonds is 5. The van der Waals surface area contributed by atoms with Gasteiger partial charge in [-0.2, -0.15) is 0 Å². The number of aliphatic hydroxyl groups is 2. The SMILES string of the molecule is COc1ccc(Cn2c(C)c([C@H]3C[C@@H](O)C[C@@H](CO)O3)c3ccccc32)cc1. The van der Waals surface area contributed by atoms with E-state index in [9.17, 15) is 10.2 Å². The van der Waals surface area contributed by atoms with Gasteiger partial charge in [-0.3, -0.25) is 0 Å². The second kappa shape index (κ2) is 7.95. The molecule has 28 heavy (non-hydrogen) atoms. The van der Waals surface area contributed by atoms with E-state index in [1.54, 1.807) is 7.11 Å².